The van der Waals surface area contributed by atoms with Crippen LogP contribution in [0.4, 0.5) is 5.82 Å². The first-order valence-electron chi connectivity index (χ1n) is 11.3. The van der Waals surface area contributed by atoms with Gasteiger partial charge in [-0.1, -0.05) is 42.5 Å². The molecule has 6 heteroatoms. The van der Waals surface area contributed by atoms with Crippen molar-refractivity contribution in [2.24, 2.45) is 5.92 Å². The SMILES string of the molecule is Nc1ncnc2c1c(-c1ccc3c(c1)OC(c1ccccc1)CC3)cn2C1CC(CO)C1. The molecule has 0 amide bonds. The van der Waals surface area contributed by atoms with Gasteiger partial charge in [0.15, 0.2) is 0 Å². The topological polar surface area (TPSA) is 86.2 Å². The molecule has 1 atom stereocenters. The molecular weight excluding hydrogens is 400 g/mol. The molecule has 6 rings (SSSR count). The molecule has 1 fully saturated rings. The van der Waals surface area contributed by atoms with E-state index < -0.39 is 0 Å². The highest BCUT2D eigenvalue weighted by Crippen LogP contribution is 2.44. The highest BCUT2D eigenvalue weighted by molar-refractivity contribution is 6.00. The van der Waals surface area contributed by atoms with E-state index in [1.54, 1.807) is 0 Å². The second kappa shape index (κ2) is 7.64. The number of nitrogens with zero attached hydrogens (tertiary/aromatic N) is 3. The number of aliphatic hydroxyl groups excluding tert-OH is 1. The third kappa shape index (κ3) is 3.14. The van der Waals surface area contributed by atoms with E-state index in [9.17, 15) is 5.11 Å². The number of hydrogen-bond donors (Lipinski definition) is 2. The summed E-state index contributed by atoms with van der Waals surface area (Å²) in [6.45, 7) is 0.240. The second-order valence-corrected chi connectivity index (χ2v) is 8.96. The molecule has 2 aromatic heterocycles. The van der Waals surface area contributed by atoms with E-state index in [-0.39, 0.29) is 12.7 Å². The van der Waals surface area contributed by atoms with Gasteiger partial charge in [0.1, 0.15) is 29.6 Å². The fourth-order valence-corrected chi connectivity index (χ4v) is 5.12. The van der Waals surface area contributed by atoms with Crippen molar-refractivity contribution in [2.75, 3.05) is 12.3 Å². The number of anilines is 1. The molecule has 32 heavy (non-hydrogen) atoms. The minimum Gasteiger partial charge on any atom is -0.485 e. The van der Waals surface area contributed by atoms with Crippen molar-refractivity contribution in [3.05, 3.63) is 72.2 Å². The normalized spacial score (nSPS) is 22.2. The van der Waals surface area contributed by atoms with Gasteiger partial charge in [0.2, 0.25) is 0 Å². The van der Waals surface area contributed by atoms with Gasteiger partial charge >= 0.3 is 0 Å². The Morgan fingerprint density at radius 2 is 1.94 bits per heavy atom. The quantitative estimate of drug-likeness (QED) is 0.494. The smallest absolute Gasteiger partial charge is 0.146 e. The van der Waals surface area contributed by atoms with Crippen LogP contribution in [0, 0.1) is 5.92 Å². The summed E-state index contributed by atoms with van der Waals surface area (Å²) in [5, 5.41) is 10.3. The lowest BCUT2D eigenvalue weighted by Crippen LogP contribution is -2.28. The van der Waals surface area contributed by atoms with Crippen LogP contribution in [0.1, 0.15) is 42.5 Å². The van der Waals surface area contributed by atoms with E-state index >= 15 is 0 Å². The van der Waals surface area contributed by atoms with E-state index in [1.165, 1.54) is 17.5 Å². The Labute approximate surface area is 186 Å². The molecule has 1 aliphatic carbocycles. The Kier molecular flexibility index (Phi) is 4.61. The van der Waals surface area contributed by atoms with Gasteiger partial charge in [0.25, 0.3) is 0 Å². The van der Waals surface area contributed by atoms with Crippen LogP contribution in [0.15, 0.2) is 61.1 Å². The third-order valence-electron chi connectivity index (χ3n) is 7.00. The van der Waals surface area contributed by atoms with Crippen LogP contribution in [0.2, 0.25) is 0 Å². The Balaban J connectivity index is 1.40. The summed E-state index contributed by atoms with van der Waals surface area (Å²) in [6, 6.07) is 17.2. The van der Waals surface area contributed by atoms with Crippen LogP contribution >= 0.6 is 0 Å². The summed E-state index contributed by atoms with van der Waals surface area (Å²) in [5.74, 6) is 1.79. The van der Waals surface area contributed by atoms with Crippen LogP contribution in [0.25, 0.3) is 22.2 Å². The van der Waals surface area contributed by atoms with Crippen LogP contribution in [0.5, 0.6) is 5.75 Å². The zero-order valence-corrected chi connectivity index (χ0v) is 17.8. The molecule has 3 N–H and O–H groups in total. The first-order chi connectivity index (χ1) is 15.7. The van der Waals surface area contributed by atoms with Crippen molar-refractivity contribution in [3.63, 3.8) is 0 Å². The summed E-state index contributed by atoms with van der Waals surface area (Å²) in [7, 11) is 0. The van der Waals surface area contributed by atoms with Gasteiger partial charge < -0.3 is 20.1 Å². The maximum Gasteiger partial charge on any atom is 0.146 e. The predicted octanol–water partition coefficient (Wildman–Crippen LogP) is 4.69. The highest BCUT2D eigenvalue weighted by Gasteiger charge is 2.32. The molecule has 2 aliphatic rings. The molecule has 2 aromatic carbocycles. The second-order valence-electron chi connectivity index (χ2n) is 8.96. The van der Waals surface area contributed by atoms with E-state index in [4.69, 9.17) is 10.5 Å². The Hall–Kier alpha value is -3.38. The monoisotopic (exact) mass is 426 g/mol. The Bertz CT molecular complexity index is 1280. The summed E-state index contributed by atoms with van der Waals surface area (Å²) < 4.78 is 8.65. The van der Waals surface area contributed by atoms with Gasteiger partial charge in [-0.3, -0.25) is 0 Å². The summed E-state index contributed by atoms with van der Waals surface area (Å²) in [5.41, 5.74) is 11.7. The van der Waals surface area contributed by atoms with Crippen LogP contribution in [-0.2, 0) is 6.42 Å². The summed E-state index contributed by atoms with van der Waals surface area (Å²) >= 11 is 0. The predicted molar refractivity (Wildman–Crippen MR) is 124 cm³/mol. The number of rotatable bonds is 4. The lowest BCUT2D eigenvalue weighted by Gasteiger charge is -2.35. The van der Waals surface area contributed by atoms with Crippen molar-refractivity contribution >= 4 is 16.9 Å². The maximum atomic E-state index is 9.44. The number of benzene rings is 2. The standard InChI is InChI=1S/C26H26N4O2/c27-25-24-21(13-30(26(24)29-15-28-25)20-10-16(11-20)14-31)19-7-6-18-8-9-22(32-23(18)12-19)17-4-2-1-3-5-17/h1-7,12-13,15-16,20,22,31H,8-11,14H2,(H2,27,28,29). The molecular formula is C26H26N4O2. The van der Waals surface area contributed by atoms with Crippen molar-refractivity contribution in [1.82, 2.24) is 14.5 Å². The molecule has 4 aromatic rings. The number of nitrogen functional groups attached to an aromatic ring is 1. The van der Waals surface area contributed by atoms with E-state index in [1.807, 2.05) is 6.07 Å². The number of fused-ring (bicyclic) bond motifs is 2. The van der Waals surface area contributed by atoms with Crippen LogP contribution < -0.4 is 10.5 Å². The molecule has 0 saturated heterocycles. The molecule has 3 heterocycles. The molecule has 0 radical (unpaired) electrons. The van der Waals surface area contributed by atoms with E-state index in [2.05, 4.69) is 63.2 Å². The molecule has 0 spiro atoms. The largest absolute Gasteiger partial charge is 0.485 e. The van der Waals surface area contributed by atoms with Crippen molar-refractivity contribution in [2.45, 2.75) is 37.8 Å². The van der Waals surface area contributed by atoms with E-state index in [0.717, 1.165) is 53.6 Å². The molecule has 6 nitrogen and oxygen atoms in total. The van der Waals surface area contributed by atoms with Crippen molar-refractivity contribution in [3.8, 4) is 16.9 Å². The lowest BCUT2D eigenvalue weighted by atomic mass is 9.81. The fourth-order valence-electron chi connectivity index (χ4n) is 5.12. The van der Waals surface area contributed by atoms with Crippen molar-refractivity contribution in [1.29, 1.82) is 0 Å². The average Bonchev–Trinajstić information content (AvgIpc) is 3.19. The van der Waals surface area contributed by atoms with Crippen molar-refractivity contribution < 1.29 is 9.84 Å². The number of aryl methyl sites for hydroxylation is 1. The molecule has 162 valence electrons. The molecule has 0 bridgehead atoms. The first kappa shape index (κ1) is 19.3. The number of ether oxygens (including phenoxy) is 1. The van der Waals surface area contributed by atoms with Gasteiger partial charge in [-0.25, -0.2) is 9.97 Å². The molecule has 1 unspecified atom stereocenters. The zero-order chi connectivity index (χ0) is 21.7. The van der Waals surface area contributed by atoms with Gasteiger partial charge in [-0.2, -0.15) is 0 Å². The average molecular weight is 427 g/mol. The minimum absolute atomic E-state index is 0.0686. The molecule has 1 saturated carbocycles. The van der Waals surface area contributed by atoms with Gasteiger partial charge in [-0.05, 0) is 54.4 Å². The molecule has 1 aliphatic heterocycles. The number of aromatic nitrogens is 3. The summed E-state index contributed by atoms with van der Waals surface area (Å²) in [4.78, 5) is 8.82. The zero-order valence-electron chi connectivity index (χ0n) is 17.8. The highest BCUT2D eigenvalue weighted by atomic mass is 16.5. The number of hydrogen-bond acceptors (Lipinski definition) is 5. The summed E-state index contributed by atoms with van der Waals surface area (Å²) in [6.07, 6.45) is 7.62. The van der Waals surface area contributed by atoms with Gasteiger partial charge in [-0.15, -0.1) is 0 Å². The maximum absolute atomic E-state index is 9.44. The van der Waals surface area contributed by atoms with Crippen LogP contribution in [0.3, 0.4) is 0 Å². The lowest BCUT2D eigenvalue weighted by molar-refractivity contribution is 0.114. The number of nitrogens with two attached hydrogens (primary N) is 1. The minimum atomic E-state index is 0.0686. The first-order valence-corrected chi connectivity index (χ1v) is 11.3. The van der Waals surface area contributed by atoms with Crippen LogP contribution in [-0.4, -0.2) is 26.2 Å². The third-order valence-corrected chi connectivity index (χ3v) is 7.00. The van der Waals surface area contributed by atoms with Gasteiger partial charge in [0.05, 0.1) is 5.39 Å². The fraction of sp³-hybridized carbons (Fsp3) is 0.308. The Morgan fingerprint density at radius 3 is 2.75 bits per heavy atom. The van der Waals surface area contributed by atoms with E-state index in [0.29, 0.717) is 17.8 Å². The number of aliphatic hydroxyl groups is 1. The Morgan fingerprint density at radius 1 is 1.09 bits per heavy atom. The van der Waals surface area contributed by atoms with Gasteiger partial charge in [0, 0.05) is 24.4 Å².